The van der Waals surface area contributed by atoms with Gasteiger partial charge in [0.25, 0.3) is 0 Å². The third-order valence-corrected chi connectivity index (χ3v) is 8.62. The first kappa shape index (κ1) is 49.9. The number of esters is 3. The summed E-state index contributed by atoms with van der Waals surface area (Å²) in [6.45, 7) is 0.246. The van der Waals surface area contributed by atoms with Crippen LogP contribution in [0.15, 0.2) is 36.4 Å². The normalized spacial score (nSPS) is 14.7. The van der Waals surface area contributed by atoms with Crippen LogP contribution in [0.4, 0.5) is 52.7 Å². The molecule has 60 heavy (non-hydrogen) atoms. The Hall–Kier alpha value is -4.47. The standard InChI is InChI=1S/C38H43F12NO9/c39-35(40,41)25-10-11-31(30(21-25)38(48,49)50)57-15-7-3-5-9-33(53)60-29(24-59-34(54)22-51-12-16-55-17-13-51)23-58-32(52)8-4-1-2-6-14-56-28-19-26(36(42,43)44)18-27(20-28)37(45,46)47/h10-11,18-21,29H,1-9,12-17,22-24H2. The van der Waals surface area contributed by atoms with Crippen molar-refractivity contribution in [2.45, 2.75) is 88.6 Å². The van der Waals surface area contributed by atoms with Gasteiger partial charge in [-0.25, -0.2) is 0 Å². The first-order chi connectivity index (χ1) is 28.0. The van der Waals surface area contributed by atoms with Gasteiger partial charge in [-0.05, 0) is 68.5 Å². The molecule has 1 atom stereocenters. The summed E-state index contributed by atoms with van der Waals surface area (Å²) in [6, 6.07) is 1.93. The summed E-state index contributed by atoms with van der Waals surface area (Å²) < 4.78 is 188. The van der Waals surface area contributed by atoms with Crippen molar-refractivity contribution >= 4 is 17.9 Å². The number of nitrogens with zero attached hydrogens (tertiary/aromatic N) is 1. The highest BCUT2D eigenvalue weighted by molar-refractivity contribution is 5.72. The van der Waals surface area contributed by atoms with E-state index in [1.54, 1.807) is 4.90 Å². The number of ether oxygens (including phenoxy) is 6. The van der Waals surface area contributed by atoms with Crippen LogP contribution in [-0.2, 0) is 58.0 Å². The first-order valence-electron chi connectivity index (χ1n) is 18.7. The second-order valence-electron chi connectivity index (χ2n) is 13.5. The lowest BCUT2D eigenvalue weighted by Gasteiger charge is -2.25. The molecule has 3 rings (SSSR count). The van der Waals surface area contributed by atoms with Gasteiger partial charge in [-0.3, -0.25) is 19.3 Å². The van der Waals surface area contributed by atoms with Crippen LogP contribution in [0.2, 0.25) is 0 Å². The number of benzene rings is 2. The van der Waals surface area contributed by atoms with Gasteiger partial charge in [-0.1, -0.05) is 12.8 Å². The maximum absolute atomic E-state index is 13.4. The van der Waals surface area contributed by atoms with E-state index in [2.05, 4.69) is 0 Å². The van der Waals surface area contributed by atoms with Crippen molar-refractivity contribution in [1.29, 1.82) is 0 Å². The monoisotopic (exact) mass is 885 g/mol. The summed E-state index contributed by atoms with van der Waals surface area (Å²) >= 11 is 0. The number of carbonyl (C=O) groups is 3. The van der Waals surface area contributed by atoms with Crippen molar-refractivity contribution in [2.75, 3.05) is 59.3 Å². The van der Waals surface area contributed by atoms with Crippen LogP contribution >= 0.6 is 0 Å². The molecule has 1 aliphatic rings. The molecule has 0 spiro atoms. The molecule has 2 aromatic carbocycles. The molecule has 10 nitrogen and oxygen atoms in total. The molecule has 22 heteroatoms. The summed E-state index contributed by atoms with van der Waals surface area (Å²) in [6.07, 6.45) is -19.8. The van der Waals surface area contributed by atoms with Crippen LogP contribution in [0.1, 0.15) is 80.0 Å². The molecule has 0 amide bonds. The largest absolute Gasteiger partial charge is 0.494 e. The smallest absolute Gasteiger partial charge is 0.419 e. The molecule has 1 fully saturated rings. The van der Waals surface area contributed by atoms with E-state index in [0.717, 1.165) is 0 Å². The SMILES string of the molecule is O=C(CCCCCCOc1cc(C(F)(F)F)cc(C(F)(F)F)c1)OCC(COC(=O)CN1CCOCC1)OC(=O)CCCCCOc1ccc(C(F)(F)F)cc1C(F)(F)F. The minimum Gasteiger partial charge on any atom is -0.494 e. The third-order valence-electron chi connectivity index (χ3n) is 8.62. The van der Waals surface area contributed by atoms with E-state index < -0.39 is 95.7 Å². The predicted octanol–water partition coefficient (Wildman–Crippen LogP) is 9.06. The molecule has 0 N–H and O–H groups in total. The highest BCUT2D eigenvalue weighted by atomic mass is 19.4. The van der Waals surface area contributed by atoms with Crippen LogP contribution in [-0.4, -0.2) is 88.2 Å². The molecule has 1 heterocycles. The van der Waals surface area contributed by atoms with E-state index in [1.165, 1.54) is 0 Å². The number of alkyl halides is 12. The van der Waals surface area contributed by atoms with Gasteiger partial charge in [-0.15, -0.1) is 0 Å². The fourth-order valence-electron chi connectivity index (χ4n) is 5.50. The van der Waals surface area contributed by atoms with Crippen molar-refractivity contribution in [3.63, 3.8) is 0 Å². The van der Waals surface area contributed by atoms with E-state index in [4.69, 9.17) is 28.4 Å². The molecule has 1 saturated heterocycles. The zero-order chi connectivity index (χ0) is 44.6. The van der Waals surface area contributed by atoms with Gasteiger partial charge in [0.1, 0.15) is 24.7 Å². The van der Waals surface area contributed by atoms with Crippen molar-refractivity contribution in [3.05, 3.63) is 58.7 Å². The molecule has 338 valence electrons. The zero-order valence-electron chi connectivity index (χ0n) is 31.9. The highest BCUT2D eigenvalue weighted by Gasteiger charge is 2.39. The minimum atomic E-state index is -5.11. The second kappa shape index (κ2) is 22.9. The van der Waals surface area contributed by atoms with Crippen molar-refractivity contribution in [3.8, 4) is 11.5 Å². The summed E-state index contributed by atoms with van der Waals surface area (Å²) in [4.78, 5) is 39.2. The average molecular weight is 886 g/mol. The number of hydrogen-bond donors (Lipinski definition) is 0. The van der Waals surface area contributed by atoms with Gasteiger partial charge in [-0.2, -0.15) is 52.7 Å². The lowest BCUT2D eigenvalue weighted by molar-refractivity contribution is -0.167. The number of carbonyl (C=O) groups excluding carboxylic acids is 3. The molecule has 0 radical (unpaired) electrons. The van der Waals surface area contributed by atoms with Gasteiger partial charge in [0.2, 0.25) is 0 Å². The Labute approximate surface area is 336 Å². The maximum atomic E-state index is 13.4. The van der Waals surface area contributed by atoms with E-state index >= 15 is 0 Å². The van der Waals surface area contributed by atoms with E-state index in [0.29, 0.717) is 63.4 Å². The number of unbranched alkanes of at least 4 members (excludes halogenated alkanes) is 5. The molecule has 1 unspecified atom stereocenters. The second-order valence-corrected chi connectivity index (χ2v) is 13.5. The highest BCUT2D eigenvalue weighted by Crippen LogP contribution is 2.41. The van der Waals surface area contributed by atoms with Crippen LogP contribution in [0, 0.1) is 0 Å². The first-order valence-corrected chi connectivity index (χ1v) is 18.7. The average Bonchev–Trinajstić information content (AvgIpc) is 3.15. The number of hydrogen-bond acceptors (Lipinski definition) is 10. The summed E-state index contributed by atoms with van der Waals surface area (Å²) in [5.74, 6) is -3.53. The fourth-order valence-corrected chi connectivity index (χ4v) is 5.50. The molecule has 0 aliphatic carbocycles. The predicted molar refractivity (Wildman–Crippen MR) is 184 cm³/mol. The molecule has 1 aliphatic heterocycles. The lowest BCUT2D eigenvalue weighted by atomic mass is 10.1. The van der Waals surface area contributed by atoms with Crippen LogP contribution in [0.5, 0.6) is 11.5 Å². The Morgan fingerprint density at radius 2 is 1.10 bits per heavy atom. The van der Waals surface area contributed by atoms with Crippen LogP contribution in [0.3, 0.4) is 0 Å². The number of morpholine rings is 1. The molecular weight excluding hydrogens is 842 g/mol. The topological polar surface area (TPSA) is 110 Å². The van der Waals surface area contributed by atoms with Gasteiger partial charge in [0.15, 0.2) is 6.10 Å². The van der Waals surface area contributed by atoms with Crippen molar-refractivity contribution in [2.24, 2.45) is 0 Å². The Kier molecular flexibility index (Phi) is 19.1. The number of rotatable bonds is 22. The molecule has 2 aromatic rings. The van der Waals surface area contributed by atoms with Gasteiger partial charge >= 0.3 is 42.6 Å². The number of halogens is 12. The van der Waals surface area contributed by atoms with Crippen molar-refractivity contribution in [1.82, 2.24) is 4.90 Å². The van der Waals surface area contributed by atoms with Gasteiger partial charge < -0.3 is 28.4 Å². The molecular formula is C38H43F12NO9. The quantitative estimate of drug-likeness (QED) is 0.0492. The van der Waals surface area contributed by atoms with E-state index in [1.807, 2.05) is 0 Å². The Morgan fingerprint density at radius 3 is 1.67 bits per heavy atom. The Balaban J connectivity index is 1.41. The molecule has 0 saturated carbocycles. The molecule has 0 aromatic heterocycles. The maximum Gasteiger partial charge on any atom is 0.419 e. The molecule has 0 bridgehead atoms. The third kappa shape index (κ3) is 18.4. The van der Waals surface area contributed by atoms with E-state index in [-0.39, 0.29) is 76.8 Å². The van der Waals surface area contributed by atoms with Crippen LogP contribution < -0.4 is 9.47 Å². The Morgan fingerprint density at radius 1 is 0.583 bits per heavy atom. The Bertz CT molecular complexity index is 1640. The fraction of sp³-hybridized carbons (Fsp3) is 0.605. The van der Waals surface area contributed by atoms with Gasteiger partial charge in [0, 0.05) is 25.9 Å². The lowest BCUT2D eigenvalue weighted by Crippen LogP contribution is -2.41. The van der Waals surface area contributed by atoms with Crippen LogP contribution in [0.25, 0.3) is 0 Å². The summed E-state index contributed by atoms with van der Waals surface area (Å²) in [7, 11) is 0. The van der Waals surface area contributed by atoms with Crippen molar-refractivity contribution < 1.29 is 95.5 Å². The minimum absolute atomic E-state index is 0.0115. The van der Waals surface area contributed by atoms with E-state index in [9.17, 15) is 67.1 Å². The summed E-state index contributed by atoms with van der Waals surface area (Å²) in [5.41, 5.74) is -6.09. The zero-order valence-corrected chi connectivity index (χ0v) is 31.9. The summed E-state index contributed by atoms with van der Waals surface area (Å²) in [5, 5.41) is 0. The van der Waals surface area contributed by atoms with Gasteiger partial charge in [0.05, 0.1) is 55.2 Å².